The second-order valence-electron chi connectivity index (χ2n) is 4.23. The quantitative estimate of drug-likeness (QED) is 0.631. The number of carbonyl (C=O) groups is 1. The molecular formula is C11H22N2O3. The number of nitrogens with two attached hydrogens (primary N) is 1. The molecule has 1 aliphatic rings. The number of carbonyl (C=O) groups excluding carboxylic acids is 1. The van der Waals surface area contributed by atoms with Crippen molar-refractivity contribution in [1.82, 2.24) is 4.90 Å². The zero-order chi connectivity index (χ0) is 12.0. The molecule has 0 aromatic carbocycles. The first kappa shape index (κ1) is 13.4. The number of hydrogen-bond acceptors (Lipinski definition) is 4. The summed E-state index contributed by atoms with van der Waals surface area (Å²) < 4.78 is 4.90. The summed E-state index contributed by atoms with van der Waals surface area (Å²) in [6, 6.07) is -0.222. The van der Waals surface area contributed by atoms with E-state index in [1.165, 1.54) is 0 Å². The van der Waals surface area contributed by atoms with Gasteiger partial charge in [-0.3, -0.25) is 4.79 Å². The maximum Gasteiger partial charge on any atom is 0.239 e. The monoisotopic (exact) mass is 230 g/mol. The molecule has 5 nitrogen and oxygen atoms in total. The van der Waals surface area contributed by atoms with Gasteiger partial charge in [-0.2, -0.15) is 0 Å². The van der Waals surface area contributed by atoms with Gasteiger partial charge in [-0.25, -0.2) is 0 Å². The van der Waals surface area contributed by atoms with Gasteiger partial charge in [-0.1, -0.05) is 0 Å². The SMILES string of the molecule is COCCC(N)C(=O)N(CCO)C1CCC1. The van der Waals surface area contributed by atoms with Crippen LogP contribution in [0.15, 0.2) is 0 Å². The van der Waals surface area contributed by atoms with Gasteiger partial charge >= 0.3 is 0 Å². The average Bonchev–Trinajstić information content (AvgIpc) is 2.21. The van der Waals surface area contributed by atoms with Crippen LogP contribution in [0.1, 0.15) is 25.7 Å². The molecule has 0 aromatic heterocycles. The van der Waals surface area contributed by atoms with Crippen LogP contribution in [0.5, 0.6) is 0 Å². The minimum absolute atomic E-state index is 0.000756. The third kappa shape index (κ3) is 3.43. The number of ether oxygens (including phenoxy) is 1. The fourth-order valence-electron chi connectivity index (χ4n) is 1.86. The van der Waals surface area contributed by atoms with Gasteiger partial charge in [0.25, 0.3) is 0 Å². The highest BCUT2D eigenvalue weighted by Crippen LogP contribution is 2.25. The molecule has 0 saturated heterocycles. The maximum absolute atomic E-state index is 12.0. The molecule has 0 aromatic rings. The van der Waals surface area contributed by atoms with Crippen molar-refractivity contribution in [2.24, 2.45) is 5.73 Å². The summed E-state index contributed by atoms with van der Waals surface area (Å²) >= 11 is 0. The highest BCUT2D eigenvalue weighted by molar-refractivity contribution is 5.82. The normalized spacial score (nSPS) is 17.9. The molecule has 1 fully saturated rings. The van der Waals surface area contributed by atoms with Gasteiger partial charge in [-0.05, 0) is 25.7 Å². The number of nitrogens with zero attached hydrogens (tertiary/aromatic N) is 1. The van der Waals surface area contributed by atoms with Gasteiger partial charge in [0, 0.05) is 26.3 Å². The Balaban J connectivity index is 2.45. The highest BCUT2D eigenvalue weighted by atomic mass is 16.5. The summed E-state index contributed by atoms with van der Waals surface area (Å²) in [5.74, 6) is -0.0594. The minimum atomic E-state index is -0.507. The zero-order valence-electron chi connectivity index (χ0n) is 9.89. The molecule has 0 radical (unpaired) electrons. The Morgan fingerprint density at radius 1 is 1.62 bits per heavy atom. The van der Waals surface area contributed by atoms with Crippen molar-refractivity contribution in [3.05, 3.63) is 0 Å². The van der Waals surface area contributed by atoms with Crippen molar-refractivity contribution >= 4 is 5.91 Å². The number of amides is 1. The Labute approximate surface area is 96.6 Å². The van der Waals surface area contributed by atoms with Gasteiger partial charge in [-0.15, -0.1) is 0 Å². The number of aliphatic hydroxyl groups is 1. The summed E-state index contributed by atoms with van der Waals surface area (Å²) in [6.45, 7) is 0.883. The average molecular weight is 230 g/mol. The molecular weight excluding hydrogens is 208 g/mol. The molecule has 1 saturated carbocycles. The van der Waals surface area contributed by atoms with Gasteiger partial charge in [0.15, 0.2) is 0 Å². The van der Waals surface area contributed by atoms with Crippen LogP contribution in [0.4, 0.5) is 0 Å². The molecule has 0 spiro atoms. The summed E-state index contributed by atoms with van der Waals surface area (Å²) in [5.41, 5.74) is 5.80. The molecule has 1 unspecified atom stereocenters. The molecule has 1 atom stereocenters. The van der Waals surface area contributed by atoms with Crippen LogP contribution in [-0.4, -0.2) is 54.9 Å². The van der Waals surface area contributed by atoms with Gasteiger partial charge in [0.1, 0.15) is 0 Å². The standard InChI is InChI=1S/C11H22N2O3/c1-16-8-5-10(12)11(15)13(6-7-14)9-3-2-4-9/h9-10,14H,2-8,12H2,1H3. The lowest BCUT2D eigenvalue weighted by Gasteiger charge is -2.38. The lowest BCUT2D eigenvalue weighted by molar-refractivity contribution is -0.137. The van der Waals surface area contributed by atoms with E-state index in [1.807, 2.05) is 0 Å². The minimum Gasteiger partial charge on any atom is -0.395 e. The van der Waals surface area contributed by atoms with E-state index in [4.69, 9.17) is 15.6 Å². The lowest BCUT2D eigenvalue weighted by Crippen LogP contribution is -2.52. The Morgan fingerprint density at radius 2 is 2.31 bits per heavy atom. The van der Waals surface area contributed by atoms with Crippen LogP contribution in [0.3, 0.4) is 0 Å². The number of aliphatic hydroxyl groups excluding tert-OH is 1. The Bertz CT molecular complexity index is 219. The summed E-state index contributed by atoms with van der Waals surface area (Å²) in [5, 5.41) is 8.95. The molecule has 1 aliphatic carbocycles. The molecule has 16 heavy (non-hydrogen) atoms. The molecule has 94 valence electrons. The van der Waals surface area contributed by atoms with E-state index in [1.54, 1.807) is 12.0 Å². The van der Waals surface area contributed by atoms with Crippen LogP contribution in [-0.2, 0) is 9.53 Å². The van der Waals surface area contributed by atoms with Crippen LogP contribution in [0, 0.1) is 0 Å². The van der Waals surface area contributed by atoms with E-state index in [-0.39, 0.29) is 18.6 Å². The first-order chi connectivity index (χ1) is 7.70. The third-order valence-electron chi connectivity index (χ3n) is 3.09. The van der Waals surface area contributed by atoms with Gasteiger partial charge in [0.05, 0.1) is 12.6 Å². The van der Waals surface area contributed by atoms with Gasteiger partial charge in [0.2, 0.25) is 5.91 Å². The highest BCUT2D eigenvalue weighted by Gasteiger charge is 2.30. The largest absolute Gasteiger partial charge is 0.395 e. The predicted octanol–water partition coefficient (Wildman–Crippen LogP) is -0.276. The zero-order valence-corrected chi connectivity index (χ0v) is 9.89. The predicted molar refractivity (Wildman–Crippen MR) is 60.9 cm³/mol. The molecule has 0 bridgehead atoms. The Kier molecular flexibility index (Phi) is 5.73. The molecule has 3 N–H and O–H groups in total. The van der Waals surface area contributed by atoms with E-state index in [9.17, 15) is 4.79 Å². The van der Waals surface area contributed by atoms with E-state index in [0.717, 1.165) is 19.3 Å². The first-order valence-electron chi connectivity index (χ1n) is 5.86. The number of methoxy groups -OCH3 is 1. The second kappa shape index (κ2) is 6.83. The second-order valence-corrected chi connectivity index (χ2v) is 4.23. The Morgan fingerprint density at radius 3 is 2.75 bits per heavy atom. The number of rotatable bonds is 7. The van der Waals surface area contributed by atoms with Crippen LogP contribution in [0.25, 0.3) is 0 Å². The summed E-state index contributed by atoms with van der Waals surface area (Å²) in [4.78, 5) is 13.7. The molecule has 0 heterocycles. The fraction of sp³-hybridized carbons (Fsp3) is 0.909. The van der Waals surface area contributed by atoms with E-state index in [0.29, 0.717) is 19.6 Å². The van der Waals surface area contributed by atoms with Crippen LogP contribution in [0.2, 0.25) is 0 Å². The van der Waals surface area contributed by atoms with Crippen molar-refractivity contribution in [2.75, 3.05) is 26.9 Å². The maximum atomic E-state index is 12.0. The summed E-state index contributed by atoms with van der Waals surface area (Å²) in [7, 11) is 1.59. The first-order valence-corrected chi connectivity index (χ1v) is 5.86. The van der Waals surface area contributed by atoms with Crippen LogP contribution < -0.4 is 5.73 Å². The van der Waals surface area contributed by atoms with Crippen molar-refractivity contribution < 1.29 is 14.6 Å². The van der Waals surface area contributed by atoms with Crippen LogP contribution >= 0.6 is 0 Å². The van der Waals surface area contributed by atoms with Crippen molar-refractivity contribution in [3.8, 4) is 0 Å². The third-order valence-corrected chi connectivity index (χ3v) is 3.09. The molecule has 0 aliphatic heterocycles. The van der Waals surface area contributed by atoms with Crippen molar-refractivity contribution in [2.45, 2.75) is 37.8 Å². The topological polar surface area (TPSA) is 75.8 Å². The molecule has 1 rings (SSSR count). The van der Waals surface area contributed by atoms with Crippen molar-refractivity contribution in [3.63, 3.8) is 0 Å². The smallest absolute Gasteiger partial charge is 0.239 e. The molecule has 1 amide bonds. The Hall–Kier alpha value is -0.650. The van der Waals surface area contributed by atoms with E-state index >= 15 is 0 Å². The fourth-order valence-corrected chi connectivity index (χ4v) is 1.86. The van der Waals surface area contributed by atoms with E-state index in [2.05, 4.69) is 0 Å². The van der Waals surface area contributed by atoms with Gasteiger partial charge < -0.3 is 20.5 Å². The van der Waals surface area contributed by atoms with Crippen molar-refractivity contribution in [1.29, 1.82) is 0 Å². The summed E-state index contributed by atoms with van der Waals surface area (Å²) in [6.07, 6.45) is 3.75. The lowest BCUT2D eigenvalue weighted by atomic mass is 9.91. The molecule has 5 heteroatoms. The van der Waals surface area contributed by atoms with E-state index < -0.39 is 6.04 Å². The number of hydrogen-bond donors (Lipinski definition) is 2.